The molecule has 0 fully saturated rings. The van der Waals surface area contributed by atoms with E-state index in [1.165, 1.54) is 16.7 Å². The number of anilines is 1. The maximum atomic E-state index is 12.5. The molecule has 1 amide bonds. The van der Waals surface area contributed by atoms with Crippen molar-refractivity contribution in [3.05, 3.63) is 65.2 Å². The zero-order valence-electron chi connectivity index (χ0n) is 16.0. The van der Waals surface area contributed by atoms with Crippen LogP contribution in [0, 0.1) is 0 Å². The predicted octanol–water partition coefficient (Wildman–Crippen LogP) is 3.54. The van der Waals surface area contributed by atoms with E-state index >= 15 is 0 Å². The highest BCUT2D eigenvalue weighted by Gasteiger charge is 2.26. The van der Waals surface area contributed by atoms with Gasteiger partial charge in [0.15, 0.2) is 0 Å². The summed E-state index contributed by atoms with van der Waals surface area (Å²) in [7, 11) is 2.15. The standard InChI is InChI=1S/C22H29N3O/c1-4-25(5-2)16-22(26)23-21-13-9-12-18-19(14-24(3)15-20(18)21)17-10-7-6-8-11-17/h6-13,19H,4-5,14-16H2,1-3H3,(H,23,26). The summed E-state index contributed by atoms with van der Waals surface area (Å²) in [6, 6.07) is 16.9. The van der Waals surface area contributed by atoms with Crippen molar-refractivity contribution in [2.45, 2.75) is 26.3 Å². The van der Waals surface area contributed by atoms with E-state index in [1.54, 1.807) is 0 Å². The molecule has 1 heterocycles. The molecular weight excluding hydrogens is 322 g/mol. The van der Waals surface area contributed by atoms with Gasteiger partial charge in [-0.3, -0.25) is 9.69 Å². The van der Waals surface area contributed by atoms with Crippen LogP contribution in [-0.4, -0.2) is 48.9 Å². The highest BCUT2D eigenvalue weighted by Crippen LogP contribution is 2.36. The third-order valence-electron chi connectivity index (χ3n) is 5.25. The Labute approximate surface area is 156 Å². The Balaban J connectivity index is 1.87. The fourth-order valence-corrected chi connectivity index (χ4v) is 3.78. The maximum Gasteiger partial charge on any atom is 0.238 e. The number of likely N-dealkylation sites (N-methyl/N-ethyl adjacent to an activating group) is 2. The van der Waals surface area contributed by atoms with Crippen LogP contribution in [0.15, 0.2) is 48.5 Å². The van der Waals surface area contributed by atoms with Crippen LogP contribution in [0.25, 0.3) is 0 Å². The van der Waals surface area contributed by atoms with Crippen LogP contribution in [0.2, 0.25) is 0 Å². The molecule has 0 radical (unpaired) electrons. The quantitative estimate of drug-likeness (QED) is 0.865. The topological polar surface area (TPSA) is 35.6 Å². The van der Waals surface area contributed by atoms with Crippen LogP contribution >= 0.6 is 0 Å². The summed E-state index contributed by atoms with van der Waals surface area (Å²) in [6.07, 6.45) is 0. The van der Waals surface area contributed by atoms with Crippen LogP contribution in [0.1, 0.15) is 36.5 Å². The number of rotatable bonds is 6. The van der Waals surface area contributed by atoms with Crippen molar-refractivity contribution in [2.75, 3.05) is 38.5 Å². The van der Waals surface area contributed by atoms with E-state index in [9.17, 15) is 4.79 Å². The second-order valence-electron chi connectivity index (χ2n) is 7.04. The summed E-state index contributed by atoms with van der Waals surface area (Å²) in [4.78, 5) is 17.0. The molecule has 2 aromatic carbocycles. The largest absolute Gasteiger partial charge is 0.325 e. The molecule has 2 aromatic rings. The number of hydrogen-bond acceptors (Lipinski definition) is 3. The van der Waals surface area contributed by atoms with E-state index in [0.717, 1.165) is 31.9 Å². The molecule has 0 bridgehead atoms. The Kier molecular flexibility index (Phi) is 6.07. The smallest absolute Gasteiger partial charge is 0.238 e. The molecule has 0 saturated heterocycles. The minimum Gasteiger partial charge on any atom is -0.325 e. The molecule has 4 heteroatoms. The number of nitrogens with zero attached hydrogens (tertiary/aromatic N) is 2. The van der Waals surface area contributed by atoms with Gasteiger partial charge in [0.25, 0.3) is 0 Å². The normalized spacial score (nSPS) is 17.2. The average molecular weight is 351 g/mol. The Bertz CT molecular complexity index is 740. The molecule has 1 aliphatic heterocycles. The van der Waals surface area contributed by atoms with Crippen molar-refractivity contribution in [1.82, 2.24) is 9.80 Å². The molecule has 1 aliphatic rings. The van der Waals surface area contributed by atoms with Crippen molar-refractivity contribution in [3.8, 4) is 0 Å². The Morgan fingerprint density at radius 2 is 1.85 bits per heavy atom. The molecule has 26 heavy (non-hydrogen) atoms. The van der Waals surface area contributed by atoms with Gasteiger partial charge in [-0.1, -0.05) is 56.3 Å². The first kappa shape index (κ1) is 18.6. The fraction of sp³-hybridized carbons (Fsp3) is 0.409. The maximum absolute atomic E-state index is 12.5. The number of nitrogens with one attached hydrogen (secondary N) is 1. The molecule has 4 nitrogen and oxygen atoms in total. The van der Waals surface area contributed by atoms with Gasteiger partial charge in [0.05, 0.1) is 6.54 Å². The summed E-state index contributed by atoms with van der Waals surface area (Å²) >= 11 is 0. The van der Waals surface area contributed by atoms with Crippen molar-refractivity contribution in [1.29, 1.82) is 0 Å². The number of carbonyl (C=O) groups excluding carboxylic acids is 1. The first-order valence-electron chi connectivity index (χ1n) is 9.49. The fourth-order valence-electron chi connectivity index (χ4n) is 3.78. The molecule has 0 aliphatic carbocycles. The molecule has 0 saturated carbocycles. The second kappa shape index (κ2) is 8.47. The van der Waals surface area contributed by atoms with Crippen LogP contribution in [0.4, 0.5) is 5.69 Å². The summed E-state index contributed by atoms with van der Waals surface area (Å²) in [5, 5.41) is 3.15. The molecule has 1 N–H and O–H groups in total. The summed E-state index contributed by atoms with van der Waals surface area (Å²) in [5.41, 5.74) is 4.84. The summed E-state index contributed by atoms with van der Waals surface area (Å²) < 4.78 is 0. The predicted molar refractivity (Wildman–Crippen MR) is 107 cm³/mol. The lowest BCUT2D eigenvalue weighted by atomic mass is 9.84. The van der Waals surface area contributed by atoms with Crippen molar-refractivity contribution >= 4 is 11.6 Å². The van der Waals surface area contributed by atoms with Crippen molar-refractivity contribution in [2.24, 2.45) is 0 Å². The third kappa shape index (κ3) is 4.14. The van der Waals surface area contributed by atoms with Crippen molar-refractivity contribution in [3.63, 3.8) is 0 Å². The van der Waals surface area contributed by atoms with Crippen LogP contribution < -0.4 is 5.32 Å². The van der Waals surface area contributed by atoms with E-state index in [4.69, 9.17) is 0 Å². The number of hydrogen-bond donors (Lipinski definition) is 1. The van der Waals surface area contributed by atoms with Gasteiger partial charge in [0, 0.05) is 24.7 Å². The lowest BCUT2D eigenvalue weighted by Crippen LogP contribution is -2.34. The number of fused-ring (bicyclic) bond motifs is 1. The van der Waals surface area contributed by atoms with Gasteiger partial charge in [0.2, 0.25) is 5.91 Å². The molecule has 0 spiro atoms. The second-order valence-corrected chi connectivity index (χ2v) is 7.04. The summed E-state index contributed by atoms with van der Waals surface area (Å²) in [5.74, 6) is 0.399. The zero-order chi connectivity index (χ0) is 18.5. The first-order valence-corrected chi connectivity index (χ1v) is 9.49. The van der Waals surface area contributed by atoms with Gasteiger partial charge in [-0.2, -0.15) is 0 Å². The molecule has 138 valence electrons. The third-order valence-corrected chi connectivity index (χ3v) is 5.25. The summed E-state index contributed by atoms with van der Waals surface area (Å²) in [6.45, 7) is 8.23. The highest BCUT2D eigenvalue weighted by atomic mass is 16.2. The van der Waals surface area contributed by atoms with Crippen LogP contribution in [0.5, 0.6) is 0 Å². The van der Waals surface area contributed by atoms with E-state index in [-0.39, 0.29) is 5.91 Å². The number of carbonyl (C=O) groups is 1. The van der Waals surface area contributed by atoms with Gasteiger partial charge in [-0.15, -0.1) is 0 Å². The van der Waals surface area contributed by atoms with E-state index in [1.807, 2.05) is 6.07 Å². The SMILES string of the molecule is CCN(CC)CC(=O)Nc1cccc2c1CN(C)CC2c1ccccc1. The van der Waals surface area contributed by atoms with Gasteiger partial charge in [-0.05, 0) is 42.9 Å². The zero-order valence-corrected chi connectivity index (χ0v) is 16.0. The van der Waals surface area contributed by atoms with E-state index < -0.39 is 0 Å². The molecule has 3 rings (SSSR count). The minimum atomic E-state index is 0.0617. The monoisotopic (exact) mass is 351 g/mol. The minimum absolute atomic E-state index is 0.0617. The van der Waals surface area contributed by atoms with Crippen LogP contribution in [-0.2, 0) is 11.3 Å². The Hall–Kier alpha value is -2.17. The number of benzene rings is 2. The molecule has 1 atom stereocenters. The first-order chi connectivity index (χ1) is 12.6. The molecule has 1 unspecified atom stereocenters. The highest BCUT2D eigenvalue weighted by molar-refractivity contribution is 5.93. The average Bonchev–Trinajstić information content (AvgIpc) is 2.66. The lowest BCUT2D eigenvalue weighted by molar-refractivity contribution is -0.117. The molecule has 0 aromatic heterocycles. The van der Waals surface area contributed by atoms with Gasteiger partial charge >= 0.3 is 0 Å². The van der Waals surface area contributed by atoms with Crippen molar-refractivity contribution < 1.29 is 4.79 Å². The van der Waals surface area contributed by atoms with Gasteiger partial charge in [0.1, 0.15) is 0 Å². The Morgan fingerprint density at radius 1 is 1.12 bits per heavy atom. The van der Waals surface area contributed by atoms with Crippen LogP contribution in [0.3, 0.4) is 0 Å². The number of amides is 1. The molecular formula is C22H29N3O. The van der Waals surface area contributed by atoms with Gasteiger partial charge < -0.3 is 10.2 Å². The Morgan fingerprint density at radius 3 is 2.54 bits per heavy atom. The van der Waals surface area contributed by atoms with E-state index in [2.05, 4.69) is 78.5 Å². The lowest BCUT2D eigenvalue weighted by Gasteiger charge is -2.34. The van der Waals surface area contributed by atoms with Gasteiger partial charge in [-0.25, -0.2) is 0 Å². The van der Waals surface area contributed by atoms with E-state index in [0.29, 0.717) is 12.5 Å².